The van der Waals surface area contributed by atoms with Crippen molar-refractivity contribution in [2.24, 2.45) is 4.99 Å². The lowest BCUT2D eigenvalue weighted by molar-refractivity contribution is -0.114. The molecule has 0 aliphatic carbocycles. The van der Waals surface area contributed by atoms with Crippen LogP contribution in [0.15, 0.2) is 96.2 Å². The van der Waals surface area contributed by atoms with Crippen molar-refractivity contribution in [3.05, 3.63) is 102 Å². The minimum Gasteiger partial charge on any atom is -0.467 e. The third-order valence-electron chi connectivity index (χ3n) is 5.24. The van der Waals surface area contributed by atoms with E-state index in [2.05, 4.69) is 15.3 Å². The molecule has 1 N–H and O–H groups in total. The average molecular weight is 535 g/mol. The second kappa shape index (κ2) is 12.7. The topological polar surface area (TPSA) is 87.0 Å². The van der Waals surface area contributed by atoms with Gasteiger partial charge in [-0.05, 0) is 54.1 Å². The van der Waals surface area contributed by atoms with Gasteiger partial charge in [0.25, 0.3) is 5.91 Å². The summed E-state index contributed by atoms with van der Waals surface area (Å²) in [5, 5.41) is 3.37. The van der Waals surface area contributed by atoms with E-state index in [1.165, 1.54) is 31.8 Å². The van der Waals surface area contributed by atoms with Crippen LogP contribution in [-0.2, 0) is 9.53 Å². The Morgan fingerprint density at radius 3 is 2.55 bits per heavy atom. The summed E-state index contributed by atoms with van der Waals surface area (Å²) in [4.78, 5) is 21.5. The number of aliphatic imine (C=N–C) groups is 1. The molecule has 0 saturated heterocycles. The van der Waals surface area contributed by atoms with Gasteiger partial charge in [-0.15, -0.1) is 0 Å². The van der Waals surface area contributed by atoms with Crippen LogP contribution in [0.25, 0.3) is 16.8 Å². The molecule has 0 fully saturated rings. The molecule has 10 heteroatoms. The maximum atomic E-state index is 13.8. The van der Waals surface area contributed by atoms with Gasteiger partial charge in [0.1, 0.15) is 23.0 Å². The maximum Gasteiger partial charge on any atom is 0.293 e. The molecule has 1 aromatic heterocycles. The molecule has 0 radical (unpaired) electrons. The Kier molecular flexibility index (Phi) is 8.86. The zero-order chi connectivity index (χ0) is 26.9. The lowest BCUT2D eigenvalue weighted by Crippen LogP contribution is -2.22. The predicted molar refractivity (Wildman–Crippen MR) is 145 cm³/mol. The highest BCUT2D eigenvalue weighted by Crippen LogP contribution is 2.32. The molecule has 0 atom stereocenters. The normalized spacial score (nSPS) is 11.8. The highest BCUT2D eigenvalue weighted by Gasteiger charge is 2.20. The van der Waals surface area contributed by atoms with Gasteiger partial charge in [-0.3, -0.25) is 9.79 Å². The van der Waals surface area contributed by atoms with Gasteiger partial charge in [0.05, 0.1) is 6.33 Å². The first-order chi connectivity index (χ1) is 18.5. The minimum absolute atomic E-state index is 0.0119. The average Bonchev–Trinajstić information content (AvgIpc) is 3.46. The molecule has 4 aromatic rings. The van der Waals surface area contributed by atoms with Crippen LogP contribution in [0.2, 0.25) is 5.02 Å². The Morgan fingerprint density at radius 1 is 1.13 bits per heavy atom. The summed E-state index contributed by atoms with van der Waals surface area (Å²) in [6.07, 6.45) is 6.30. The van der Waals surface area contributed by atoms with E-state index in [1.807, 2.05) is 0 Å². The van der Waals surface area contributed by atoms with Crippen LogP contribution in [0.4, 0.5) is 10.1 Å². The number of anilines is 1. The first kappa shape index (κ1) is 26.6. The standard InChI is InChI=1S/C28H24ClFN4O4/c1-31-16-25(34-14-13-32-17-34)27(28(35)33-22-8-5-20(29)6-9-22)38-23-10-3-19(4-11-23)24-12-7-21(30)15-26(24)37-18-36-2/h3-17H,18H2,1-2H3,(H,33,35)/b27-25-,31-16-. The Labute approximate surface area is 224 Å². The number of carbonyl (C=O) groups excluding carboxylic acids is 1. The number of benzene rings is 3. The van der Waals surface area contributed by atoms with Crippen molar-refractivity contribution >= 4 is 35.1 Å². The molecular weight excluding hydrogens is 511 g/mol. The lowest BCUT2D eigenvalue weighted by Gasteiger charge is -2.15. The highest BCUT2D eigenvalue weighted by atomic mass is 35.5. The number of hydrogen-bond donors (Lipinski definition) is 1. The third-order valence-corrected chi connectivity index (χ3v) is 5.49. The number of imidazole rings is 1. The Morgan fingerprint density at radius 2 is 1.89 bits per heavy atom. The molecule has 194 valence electrons. The summed E-state index contributed by atoms with van der Waals surface area (Å²) in [6.45, 7) is -0.0233. The smallest absolute Gasteiger partial charge is 0.293 e. The van der Waals surface area contributed by atoms with Gasteiger partial charge >= 0.3 is 0 Å². The van der Waals surface area contributed by atoms with Gasteiger partial charge in [-0.2, -0.15) is 0 Å². The molecule has 3 aromatic carbocycles. The SMILES string of the molecule is C/N=C\C(=C(\Oc1ccc(-c2ccc(F)cc2OCOC)cc1)C(=O)Nc1ccc(Cl)cc1)n1ccnc1. The van der Waals surface area contributed by atoms with Gasteiger partial charge < -0.3 is 24.1 Å². The number of nitrogens with one attached hydrogen (secondary N) is 1. The molecule has 0 aliphatic heterocycles. The van der Waals surface area contributed by atoms with E-state index in [0.717, 1.165) is 5.56 Å². The van der Waals surface area contributed by atoms with Crippen molar-refractivity contribution in [1.29, 1.82) is 0 Å². The van der Waals surface area contributed by atoms with E-state index >= 15 is 0 Å². The molecule has 1 amide bonds. The van der Waals surface area contributed by atoms with Crippen LogP contribution in [0, 0.1) is 5.82 Å². The van der Waals surface area contributed by atoms with Crippen LogP contribution in [0.1, 0.15) is 0 Å². The number of hydrogen-bond acceptors (Lipinski definition) is 6. The van der Waals surface area contributed by atoms with Crippen molar-refractivity contribution in [2.75, 3.05) is 26.3 Å². The van der Waals surface area contributed by atoms with Crippen molar-refractivity contribution < 1.29 is 23.4 Å². The second-order valence-electron chi connectivity index (χ2n) is 7.85. The fourth-order valence-corrected chi connectivity index (χ4v) is 3.63. The molecule has 0 spiro atoms. The summed E-state index contributed by atoms with van der Waals surface area (Å²) in [7, 11) is 3.08. The number of aromatic nitrogens is 2. The Hall–Kier alpha value is -4.47. The Balaban J connectivity index is 1.67. The van der Waals surface area contributed by atoms with Crippen molar-refractivity contribution in [1.82, 2.24) is 9.55 Å². The number of ether oxygens (including phenoxy) is 3. The van der Waals surface area contributed by atoms with Crippen LogP contribution < -0.4 is 14.8 Å². The van der Waals surface area contributed by atoms with Gasteiger partial charge in [0.2, 0.25) is 5.76 Å². The van der Waals surface area contributed by atoms with Crippen LogP contribution in [-0.4, -0.2) is 42.6 Å². The maximum absolute atomic E-state index is 13.8. The van der Waals surface area contributed by atoms with Gasteiger partial charge in [-0.25, -0.2) is 9.37 Å². The molecule has 0 bridgehead atoms. The van der Waals surface area contributed by atoms with Crippen molar-refractivity contribution in [2.45, 2.75) is 0 Å². The fourth-order valence-electron chi connectivity index (χ4n) is 3.50. The summed E-state index contributed by atoms with van der Waals surface area (Å²) in [5.74, 6) is -0.217. The zero-order valence-electron chi connectivity index (χ0n) is 20.6. The van der Waals surface area contributed by atoms with Crippen LogP contribution >= 0.6 is 11.6 Å². The molecule has 8 nitrogen and oxygen atoms in total. The second-order valence-corrected chi connectivity index (χ2v) is 8.29. The van der Waals surface area contributed by atoms with E-state index in [0.29, 0.717) is 33.5 Å². The van der Waals surface area contributed by atoms with Crippen molar-refractivity contribution in [3.8, 4) is 22.6 Å². The number of nitrogens with zero attached hydrogens (tertiary/aromatic N) is 3. The molecule has 0 saturated carbocycles. The van der Waals surface area contributed by atoms with E-state index < -0.39 is 11.7 Å². The third kappa shape index (κ3) is 6.64. The predicted octanol–water partition coefficient (Wildman–Crippen LogP) is 5.91. The van der Waals surface area contributed by atoms with Crippen LogP contribution in [0.5, 0.6) is 11.5 Å². The molecule has 0 aliphatic rings. The highest BCUT2D eigenvalue weighted by molar-refractivity contribution is 6.30. The summed E-state index contributed by atoms with van der Waals surface area (Å²) >= 11 is 5.97. The lowest BCUT2D eigenvalue weighted by atomic mass is 10.0. The largest absolute Gasteiger partial charge is 0.467 e. The quantitative estimate of drug-likeness (QED) is 0.118. The van der Waals surface area contributed by atoms with E-state index in [-0.39, 0.29) is 12.6 Å². The summed E-state index contributed by atoms with van der Waals surface area (Å²) < 4.78 is 32.0. The first-order valence-corrected chi connectivity index (χ1v) is 11.8. The minimum atomic E-state index is -0.506. The zero-order valence-corrected chi connectivity index (χ0v) is 21.4. The fraction of sp³-hybridized carbons (Fsp3) is 0.107. The molecule has 4 rings (SSSR count). The van der Waals surface area contributed by atoms with E-state index in [9.17, 15) is 9.18 Å². The van der Waals surface area contributed by atoms with Crippen LogP contribution in [0.3, 0.4) is 0 Å². The number of rotatable bonds is 10. The first-order valence-electron chi connectivity index (χ1n) is 11.4. The van der Waals surface area contributed by atoms with Gasteiger partial charge in [0, 0.05) is 55.1 Å². The number of allylic oxidation sites excluding steroid dienone is 1. The molecule has 38 heavy (non-hydrogen) atoms. The van der Waals surface area contributed by atoms with Crippen molar-refractivity contribution in [3.63, 3.8) is 0 Å². The summed E-state index contributed by atoms with van der Waals surface area (Å²) in [5.41, 5.74) is 2.33. The van der Waals surface area contributed by atoms with Gasteiger partial charge in [-0.1, -0.05) is 23.7 Å². The molecular formula is C28H24ClFN4O4. The monoisotopic (exact) mass is 534 g/mol. The number of methoxy groups -OCH3 is 1. The number of halogens is 2. The summed E-state index contributed by atoms with van der Waals surface area (Å²) in [6, 6.07) is 17.9. The Bertz CT molecular complexity index is 1440. The number of amides is 1. The molecule has 1 heterocycles. The van der Waals surface area contributed by atoms with E-state index in [1.54, 1.807) is 78.6 Å². The van der Waals surface area contributed by atoms with Gasteiger partial charge in [0.15, 0.2) is 6.79 Å². The van der Waals surface area contributed by atoms with E-state index in [4.69, 9.17) is 25.8 Å². The number of carbonyl (C=O) groups is 1. The molecule has 0 unspecified atom stereocenters.